The van der Waals surface area contributed by atoms with Gasteiger partial charge in [-0.05, 0) is 12.1 Å². The molecule has 2 rings (SSSR count). The minimum Gasteiger partial charge on any atom is -0.468 e. The molecule has 14 heavy (non-hydrogen) atoms. The number of hydrogen-bond donors (Lipinski definition) is 1. The third-order valence-electron chi connectivity index (χ3n) is 1.93. The molecule has 1 N–H and O–H groups in total. The van der Waals surface area contributed by atoms with Crippen LogP contribution in [0.3, 0.4) is 0 Å². The molecule has 0 fully saturated rings. The molecule has 0 bridgehead atoms. The van der Waals surface area contributed by atoms with Crippen molar-refractivity contribution in [2.24, 2.45) is 4.99 Å². The topological polar surface area (TPSA) is 58.9 Å². The van der Waals surface area contributed by atoms with Crippen LogP contribution in [0.25, 0.3) is 5.57 Å². The SMILES string of the molecule is O=C=C1C=Nc2cc(OCO)ccc21. The van der Waals surface area contributed by atoms with E-state index in [1.165, 1.54) is 6.21 Å². The van der Waals surface area contributed by atoms with Crippen LogP contribution >= 0.6 is 0 Å². The second kappa shape index (κ2) is 3.46. The Bertz CT molecular complexity index is 445. The highest BCUT2D eigenvalue weighted by Crippen LogP contribution is 2.33. The van der Waals surface area contributed by atoms with E-state index in [0.717, 1.165) is 5.56 Å². The van der Waals surface area contributed by atoms with Crippen molar-refractivity contribution in [1.29, 1.82) is 0 Å². The molecule has 1 heterocycles. The van der Waals surface area contributed by atoms with Gasteiger partial charge >= 0.3 is 0 Å². The number of aliphatic hydroxyl groups excluding tert-OH is 1. The number of benzene rings is 1. The predicted molar refractivity (Wildman–Crippen MR) is 51.4 cm³/mol. The zero-order valence-electron chi connectivity index (χ0n) is 7.23. The Morgan fingerprint density at radius 3 is 3.07 bits per heavy atom. The lowest BCUT2D eigenvalue weighted by atomic mass is 10.1. The molecule has 1 aliphatic heterocycles. The van der Waals surface area contributed by atoms with Crippen molar-refractivity contribution >= 4 is 23.4 Å². The van der Waals surface area contributed by atoms with Crippen LogP contribution in [0.4, 0.5) is 5.69 Å². The summed E-state index contributed by atoms with van der Waals surface area (Å²) in [6.07, 6.45) is 1.46. The molecule has 4 nitrogen and oxygen atoms in total. The van der Waals surface area contributed by atoms with Crippen molar-refractivity contribution in [3.63, 3.8) is 0 Å². The van der Waals surface area contributed by atoms with Gasteiger partial charge in [0.05, 0.1) is 11.3 Å². The number of ether oxygens (including phenoxy) is 1. The molecule has 0 atom stereocenters. The fraction of sp³-hybridized carbons (Fsp3) is 0.100. The van der Waals surface area contributed by atoms with Crippen LogP contribution in [0.15, 0.2) is 23.2 Å². The Morgan fingerprint density at radius 2 is 2.36 bits per heavy atom. The van der Waals surface area contributed by atoms with Crippen LogP contribution in [0.5, 0.6) is 5.75 Å². The summed E-state index contributed by atoms with van der Waals surface area (Å²) in [7, 11) is 0. The number of allylic oxidation sites excluding steroid dienone is 1. The maximum atomic E-state index is 10.5. The maximum absolute atomic E-state index is 10.5. The Balaban J connectivity index is 2.44. The predicted octanol–water partition coefficient (Wildman–Crippen LogP) is 0.946. The van der Waals surface area contributed by atoms with Crippen LogP contribution in [0, 0.1) is 0 Å². The van der Waals surface area contributed by atoms with Gasteiger partial charge < -0.3 is 9.84 Å². The number of rotatable bonds is 2. The normalized spacial score (nSPS) is 12.5. The largest absolute Gasteiger partial charge is 0.468 e. The van der Waals surface area contributed by atoms with Crippen LogP contribution in [-0.4, -0.2) is 24.1 Å². The Kier molecular flexibility index (Phi) is 2.14. The summed E-state index contributed by atoms with van der Waals surface area (Å²) in [6.45, 7) is -0.376. The van der Waals surface area contributed by atoms with Crippen molar-refractivity contribution in [1.82, 2.24) is 0 Å². The Morgan fingerprint density at radius 1 is 1.50 bits per heavy atom. The van der Waals surface area contributed by atoms with Gasteiger partial charge in [-0.25, -0.2) is 4.79 Å². The molecule has 0 amide bonds. The number of carbonyl (C=O) groups excluding carboxylic acids is 1. The lowest BCUT2D eigenvalue weighted by Gasteiger charge is -2.03. The van der Waals surface area contributed by atoms with Gasteiger partial charge in [-0.2, -0.15) is 0 Å². The van der Waals surface area contributed by atoms with E-state index in [9.17, 15) is 4.79 Å². The number of fused-ring (bicyclic) bond motifs is 1. The summed E-state index contributed by atoms with van der Waals surface area (Å²) in [6, 6.07) is 5.04. The molecular formula is C10H7NO3. The molecule has 0 radical (unpaired) electrons. The summed E-state index contributed by atoms with van der Waals surface area (Å²) in [5, 5.41) is 8.54. The van der Waals surface area contributed by atoms with Gasteiger partial charge in [0, 0.05) is 17.8 Å². The van der Waals surface area contributed by atoms with Gasteiger partial charge in [0.15, 0.2) is 6.79 Å². The van der Waals surface area contributed by atoms with E-state index in [4.69, 9.17) is 9.84 Å². The lowest BCUT2D eigenvalue weighted by Crippen LogP contribution is -1.94. The van der Waals surface area contributed by atoms with E-state index in [-0.39, 0.29) is 6.79 Å². The average Bonchev–Trinajstić information content (AvgIpc) is 2.60. The highest BCUT2D eigenvalue weighted by molar-refractivity contribution is 6.24. The van der Waals surface area contributed by atoms with Gasteiger partial charge in [0.25, 0.3) is 0 Å². The zero-order valence-corrected chi connectivity index (χ0v) is 7.23. The first-order valence-corrected chi connectivity index (χ1v) is 4.02. The lowest BCUT2D eigenvalue weighted by molar-refractivity contribution is 0.0986. The fourth-order valence-electron chi connectivity index (χ4n) is 1.30. The highest BCUT2D eigenvalue weighted by Gasteiger charge is 2.13. The molecular weight excluding hydrogens is 182 g/mol. The molecule has 70 valence electrons. The first kappa shape index (κ1) is 8.69. The standard InChI is InChI=1S/C10H7NO3/c12-5-7-4-11-10-3-8(14-6-13)1-2-9(7)10/h1-4,13H,6H2. The number of hydrogen-bond acceptors (Lipinski definition) is 4. The van der Waals surface area contributed by atoms with E-state index >= 15 is 0 Å². The summed E-state index contributed by atoms with van der Waals surface area (Å²) in [5.74, 6) is 2.32. The second-order valence-corrected chi connectivity index (χ2v) is 2.73. The fourth-order valence-corrected chi connectivity index (χ4v) is 1.30. The Labute approximate surface area is 80.2 Å². The van der Waals surface area contributed by atoms with E-state index < -0.39 is 0 Å². The molecule has 1 aliphatic rings. The smallest absolute Gasteiger partial charge is 0.186 e. The van der Waals surface area contributed by atoms with Crippen molar-refractivity contribution in [3.05, 3.63) is 23.8 Å². The summed E-state index contributed by atoms with van der Waals surface area (Å²) < 4.78 is 4.87. The summed E-state index contributed by atoms with van der Waals surface area (Å²) in [5.41, 5.74) is 1.84. The van der Waals surface area contributed by atoms with E-state index in [2.05, 4.69) is 4.99 Å². The van der Waals surface area contributed by atoms with Crippen molar-refractivity contribution in [2.45, 2.75) is 0 Å². The molecule has 0 aliphatic carbocycles. The zero-order chi connectivity index (χ0) is 9.97. The van der Waals surface area contributed by atoms with E-state index in [1.807, 2.05) is 0 Å². The van der Waals surface area contributed by atoms with Gasteiger partial charge in [0.2, 0.25) is 0 Å². The number of aliphatic hydroxyl groups is 1. The highest BCUT2D eigenvalue weighted by atomic mass is 16.6. The average molecular weight is 189 g/mol. The quantitative estimate of drug-likeness (QED) is 0.556. The first-order chi connectivity index (χ1) is 6.85. The second-order valence-electron chi connectivity index (χ2n) is 2.73. The van der Waals surface area contributed by atoms with Gasteiger partial charge in [-0.15, -0.1) is 0 Å². The van der Waals surface area contributed by atoms with Crippen LogP contribution in [0.1, 0.15) is 5.56 Å². The molecule has 0 saturated heterocycles. The van der Waals surface area contributed by atoms with Crippen LogP contribution in [0.2, 0.25) is 0 Å². The summed E-state index contributed by atoms with van der Waals surface area (Å²) in [4.78, 5) is 14.5. The number of nitrogens with zero attached hydrogens (tertiary/aromatic N) is 1. The van der Waals surface area contributed by atoms with Gasteiger partial charge in [0.1, 0.15) is 11.7 Å². The maximum Gasteiger partial charge on any atom is 0.186 e. The minimum atomic E-state index is -0.376. The first-order valence-electron chi connectivity index (χ1n) is 4.02. The molecule has 1 aromatic carbocycles. The van der Waals surface area contributed by atoms with Crippen LogP contribution in [-0.2, 0) is 4.79 Å². The monoisotopic (exact) mass is 189 g/mol. The molecule has 1 aromatic rings. The molecule has 0 unspecified atom stereocenters. The Hall–Kier alpha value is -1.90. The van der Waals surface area contributed by atoms with Crippen molar-refractivity contribution < 1.29 is 14.6 Å². The molecule has 0 spiro atoms. The van der Waals surface area contributed by atoms with Crippen molar-refractivity contribution in [2.75, 3.05) is 6.79 Å². The molecule has 0 saturated carbocycles. The number of aliphatic imine (C=N–C) groups is 1. The third kappa shape index (κ3) is 1.33. The summed E-state index contributed by atoms with van der Waals surface area (Å²) >= 11 is 0. The molecule has 0 aromatic heterocycles. The van der Waals surface area contributed by atoms with Crippen molar-refractivity contribution in [3.8, 4) is 5.75 Å². The van der Waals surface area contributed by atoms with Gasteiger partial charge in [-0.3, -0.25) is 4.99 Å². The minimum absolute atomic E-state index is 0.376. The van der Waals surface area contributed by atoms with E-state index in [1.54, 1.807) is 24.1 Å². The third-order valence-corrected chi connectivity index (χ3v) is 1.93. The van der Waals surface area contributed by atoms with Gasteiger partial charge in [-0.1, -0.05) is 0 Å². The van der Waals surface area contributed by atoms with E-state index in [0.29, 0.717) is 17.0 Å². The van der Waals surface area contributed by atoms with Crippen LogP contribution < -0.4 is 4.74 Å². The molecule has 4 heteroatoms.